The highest BCUT2D eigenvalue weighted by Crippen LogP contribution is 2.40. The molecule has 10 heteroatoms. The zero-order valence-corrected chi connectivity index (χ0v) is 19.6. The van der Waals surface area contributed by atoms with Crippen molar-refractivity contribution in [2.75, 3.05) is 32.0 Å². The Labute approximate surface area is 193 Å². The van der Waals surface area contributed by atoms with Gasteiger partial charge in [0.05, 0.1) is 32.6 Å². The first kappa shape index (κ1) is 21.7. The number of aromatic nitrogens is 3. The maximum Gasteiger partial charge on any atom is 0.255 e. The number of halogens is 1. The minimum absolute atomic E-state index is 0.313. The molecule has 1 aliphatic rings. The van der Waals surface area contributed by atoms with Crippen LogP contribution in [0.15, 0.2) is 58.5 Å². The minimum Gasteiger partial charge on any atom is -0.497 e. The van der Waals surface area contributed by atoms with Gasteiger partial charge in [0.25, 0.3) is 5.91 Å². The van der Waals surface area contributed by atoms with Crippen molar-refractivity contribution in [3.63, 3.8) is 0 Å². The van der Waals surface area contributed by atoms with Crippen LogP contribution in [0.5, 0.6) is 17.2 Å². The highest BCUT2D eigenvalue weighted by Gasteiger charge is 2.35. The predicted octanol–water partition coefficient (Wildman–Crippen LogP) is 3.99. The van der Waals surface area contributed by atoms with Crippen molar-refractivity contribution in [2.45, 2.75) is 13.0 Å². The van der Waals surface area contributed by atoms with E-state index < -0.39 is 6.04 Å². The van der Waals surface area contributed by atoms with Crippen molar-refractivity contribution in [3.8, 4) is 17.2 Å². The molecule has 32 heavy (non-hydrogen) atoms. The van der Waals surface area contributed by atoms with Crippen LogP contribution in [0.2, 0.25) is 0 Å². The molecule has 1 amide bonds. The molecule has 0 unspecified atom stereocenters. The molecule has 0 saturated carbocycles. The molecule has 166 valence electrons. The molecule has 1 atom stereocenters. The summed E-state index contributed by atoms with van der Waals surface area (Å²) in [5, 5.41) is 10.5. The molecule has 1 aliphatic heterocycles. The fraction of sp³-hybridized carbons (Fsp3) is 0.227. The van der Waals surface area contributed by atoms with Crippen molar-refractivity contribution in [3.05, 3.63) is 64.0 Å². The Hall–Kier alpha value is -3.53. The SMILES string of the molecule is COc1ccc(NC(=O)C2=C(C)Nc3ncnn3[C@H]2c2cc(Br)ccc2OC)c(OC)c1. The number of hydrogen-bond donors (Lipinski definition) is 2. The maximum absolute atomic E-state index is 13.6. The molecule has 0 spiro atoms. The smallest absolute Gasteiger partial charge is 0.255 e. The van der Waals surface area contributed by atoms with Gasteiger partial charge in [-0.25, -0.2) is 4.68 Å². The van der Waals surface area contributed by atoms with E-state index in [4.69, 9.17) is 14.2 Å². The van der Waals surface area contributed by atoms with E-state index in [1.807, 2.05) is 25.1 Å². The molecule has 2 aromatic carbocycles. The van der Waals surface area contributed by atoms with Crippen LogP contribution in [-0.4, -0.2) is 42.0 Å². The van der Waals surface area contributed by atoms with Gasteiger partial charge in [-0.3, -0.25) is 4.79 Å². The van der Waals surface area contributed by atoms with Gasteiger partial charge in [0.15, 0.2) is 0 Å². The molecule has 0 aliphatic carbocycles. The number of carbonyl (C=O) groups is 1. The van der Waals surface area contributed by atoms with Crippen LogP contribution in [0.3, 0.4) is 0 Å². The third-order valence-corrected chi connectivity index (χ3v) is 5.68. The molecule has 9 nitrogen and oxygen atoms in total. The summed E-state index contributed by atoms with van der Waals surface area (Å²) in [7, 11) is 4.70. The molecule has 3 aromatic rings. The van der Waals surface area contributed by atoms with E-state index in [2.05, 4.69) is 36.6 Å². The standard InChI is InChI=1S/C22H22BrN5O4/c1-12-19(21(29)27-16-7-6-14(30-2)10-18(16)32-4)20(28-22(26-12)24-11-25-28)15-9-13(23)5-8-17(15)31-3/h5-11,20H,1-4H3,(H,27,29)(H,24,25,26)/t20-/m0/s1. The predicted molar refractivity (Wildman–Crippen MR) is 123 cm³/mol. The summed E-state index contributed by atoms with van der Waals surface area (Å²) in [5.74, 6) is 1.96. The number of ether oxygens (including phenoxy) is 3. The number of fused-ring (bicyclic) bond motifs is 1. The molecule has 2 heterocycles. The van der Waals surface area contributed by atoms with Gasteiger partial charge >= 0.3 is 0 Å². The number of methoxy groups -OCH3 is 3. The van der Waals surface area contributed by atoms with Crippen molar-refractivity contribution < 1.29 is 19.0 Å². The molecule has 0 fully saturated rings. The quantitative estimate of drug-likeness (QED) is 0.528. The minimum atomic E-state index is -0.564. The topological polar surface area (TPSA) is 99.5 Å². The van der Waals surface area contributed by atoms with Crippen molar-refractivity contribution >= 4 is 33.5 Å². The second-order valence-electron chi connectivity index (χ2n) is 7.00. The van der Waals surface area contributed by atoms with Gasteiger partial charge in [0, 0.05) is 21.8 Å². The van der Waals surface area contributed by atoms with Gasteiger partial charge in [-0.1, -0.05) is 15.9 Å². The lowest BCUT2D eigenvalue weighted by Crippen LogP contribution is -2.31. The fourth-order valence-electron chi connectivity index (χ4n) is 3.68. The third-order valence-electron chi connectivity index (χ3n) is 5.18. The monoisotopic (exact) mass is 499 g/mol. The lowest BCUT2D eigenvalue weighted by Gasteiger charge is -2.29. The Morgan fingerprint density at radius 1 is 1.09 bits per heavy atom. The van der Waals surface area contributed by atoms with Crippen LogP contribution in [0.1, 0.15) is 18.5 Å². The second-order valence-corrected chi connectivity index (χ2v) is 7.92. The first-order chi connectivity index (χ1) is 15.5. The first-order valence-electron chi connectivity index (χ1n) is 9.71. The average molecular weight is 500 g/mol. The second kappa shape index (κ2) is 8.91. The zero-order valence-electron chi connectivity index (χ0n) is 18.0. The normalized spacial score (nSPS) is 15.0. The number of benzene rings is 2. The van der Waals surface area contributed by atoms with Gasteiger partial charge in [-0.05, 0) is 37.3 Å². The van der Waals surface area contributed by atoms with E-state index in [1.165, 1.54) is 13.4 Å². The Balaban J connectivity index is 1.80. The van der Waals surface area contributed by atoms with Gasteiger partial charge in [0.2, 0.25) is 5.95 Å². The van der Waals surface area contributed by atoms with E-state index in [0.29, 0.717) is 40.2 Å². The molecule has 4 rings (SSSR count). The molecular formula is C22H22BrN5O4. The number of carbonyl (C=O) groups excluding carboxylic acids is 1. The number of nitrogens with zero attached hydrogens (tertiary/aromatic N) is 3. The van der Waals surface area contributed by atoms with E-state index >= 15 is 0 Å². The molecule has 2 N–H and O–H groups in total. The summed E-state index contributed by atoms with van der Waals surface area (Å²) in [5.41, 5.74) is 2.41. The van der Waals surface area contributed by atoms with E-state index in [9.17, 15) is 4.79 Å². The van der Waals surface area contributed by atoms with Crippen molar-refractivity contribution in [1.29, 1.82) is 0 Å². The highest BCUT2D eigenvalue weighted by molar-refractivity contribution is 9.10. The highest BCUT2D eigenvalue weighted by atomic mass is 79.9. The Morgan fingerprint density at radius 3 is 2.59 bits per heavy atom. The summed E-state index contributed by atoms with van der Waals surface area (Å²) in [6.45, 7) is 1.83. The van der Waals surface area contributed by atoms with Crippen LogP contribution < -0.4 is 24.8 Å². The molecule has 0 radical (unpaired) electrons. The summed E-state index contributed by atoms with van der Waals surface area (Å²) in [6, 6.07) is 10.3. The summed E-state index contributed by atoms with van der Waals surface area (Å²) in [6.07, 6.45) is 1.44. The van der Waals surface area contributed by atoms with Crippen LogP contribution >= 0.6 is 15.9 Å². The van der Waals surface area contributed by atoms with Gasteiger partial charge < -0.3 is 24.8 Å². The van der Waals surface area contributed by atoms with Gasteiger partial charge in [-0.2, -0.15) is 10.1 Å². The number of rotatable bonds is 6. The molecule has 0 saturated heterocycles. The van der Waals surface area contributed by atoms with Crippen LogP contribution in [0.4, 0.5) is 11.6 Å². The van der Waals surface area contributed by atoms with E-state index in [0.717, 1.165) is 10.0 Å². The zero-order chi connectivity index (χ0) is 22.8. The van der Waals surface area contributed by atoms with Crippen molar-refractivity contribution in [1.82, 2.24) is 14.8 Å². The van der Waals surface area contributed by atoms with Crippen LogP contribution in [0.25, 0.3) is 0 Å². The molecular weight excluding hydrogens is 478 g/mol. The largest absolute Gasteiger partial charge is 0.497 e. The Kier molecular flexibility index (Phi) is 6.04. The van der Waals surface area contributed by atoms with Crippen molar-refractivity contribution in [2.24, 2.45) is 0 Å². The van der Waals surface area contributed by atoms with Crippen LogP contribution in [-0.2, 0) is 4.79 Å². The fourth-order valence-corrected chi connectivity index (χ4v) is 4.06. The van der Waals surface area contributed by atoms with Gasteiger partial charge in [-0.15, -0.1) is 0 Å². The van der Waals surface area contributed by atoms with E-state index in [-0.39, 0.29) is 5.91 Å². The molecule has 0 bridgehead atoms. The number of allylic oxidation sites excluding steroid dienone is 1. The lowest BCUT2D eigenvalue weighted by atomic mass is 9.94. The Morgan fingerprint density at radius 2 is 1.88 bits per heavy atom. The Bertz CT molecular complexity index is 1210. The first-order valence-corrected chi connectivity index (χ1v) is 10.5. The summed E-state index contributed by atoms with van der Waals surface area (Å²) >= 11 is 3.52. The van der Waals surface area contributed by atoms with Gasteiger partial charge in [0.1, 0.15) is 29.6 Å². The number of nitrogens with one attached hydrogen (secondary N) is 2. The summed E-state index contributed by atoms with van der Waals surface area (Å²) in [4.78, 5) is 17.9. The summed E-state index contributed by atoms with van der Waals surface area (Å²) < 4.78 is 18.8. The molecule has 1 aromatic heterocycles. The van der Waals surface area contributed by atoms with E-state index in [1.54, 1.807) is 37.1 Å². The lowest BCUT2D eigenvalue weighted by molar-refractivity contribution is -0.113. The number of anilines is 2. The number of hydrogen-bond acceptors (Lipinski definition) is 7. The third kappa shape index (κ3) is 3.89. The number of amides is 1. The van der Waals surface area contributed by atoms with Crippen LogP contribution in [0, 0.1) is 0 Å². The maximum atomic E-state index is 13.6. The average Bonchev–Trinajstić information content (AvgIpc) is 3.26.